The predicted octanol–water partition coefficient (Wildman–Crippen LogP) is 1.54. The molecule has 10 heteroatoms. The summed E-state index contributed by atoms with van der Waals surface area (Å²) in [6, 6.07) is 4.10. The first kappa shape index (κ1) is 21.8. The molecule has 1 saturated heterocycles. The molecule has 1 saturated carbocycles. The highest BCUT2D eigenvalue weighted by Crippen LogP contribution is 2.29. The number of ether oxygens (including phenoxy) is 2. The van der Waals surface area contributed by atoms with Gasteiger partial charge in [0.05, 0.1) is 13.7 Å². The summed E-state index contributed by atoms with van der Waals surface area (Å²) in [5.74, 6) is -0.996. The van der Waals surface area contributed by atoms with Crippen LogP contribution in [0, 0.1) is 5.92 Å². The van der Waals surface area contributed by atoms with E-state index in [1.807, 2.05) is 0 Å². The number of carbonyl (C=O) groups excluding carboxylic acids is 3. The Morgan fingerprint density at radius 1 is 1.13 bits per heavy atom. The van der Waals surface area contributed by atoms with E-state index in [9.17, 15) is 23.2 Å². The lowest BCUT2D eigenvalue weighted by molar-refractivity contribution is -0.134. The maximum Gasteiger partial charge on any atom is 0.387 e. The van der Waals surface area contributed by atoms with Crippen molar-refractivity contribution in [3.8, 4) is 11.5 Å². The van der Waals surface area contributed by atoms with Crippen LogP contribution >= 0.6 is 0 Å². The van der Waals surface area contributed by atoms with E-state index in [4.69, 9.17) is 4.74 Å². The molecule has 1 aromatic rings. The van der Waals surface area contributed by atoms with Gasteiger partial charge in [-0.05, 0) is 43.9 Å². The Balaban J connectivity index is 1.46. The van der Waals surface area contributed by atoms with Crippen molar-refractivity contribution in [2.24, 2.45) is 5.92 Å². The number of piperidine rings is 1. The lowest BCUT2D eigenvalue weighted by Crippen LogP contribution is -2.46. The van der Waals surface area contributed by atoms with Gasteiger partial charge in [0.2, 0.25) is 11.8 Å². The maximum atomic E-state index is 12.4. The fourth-order valence-corrected chi connectivity index (χ4v) is 3.31. The number of carbonyl (C=O) groups is 3. The van der Waals surface area contributed by atoms with Crippen molar-refractivity contribution in [1.29, 1.82) is 0 Å². The smallest absolute Gasteiger partial charge is 0.387 e. The van der Waals surface area contributed by atoms with Gasteiger partial charge in [-0.1, -0.05) is 0 Å². The Labute approximate surface area is 172 Å². The lowest BCUT2D eigenvalue weighted by atomic mass is 9.96. The van der Waals surface area contributed by atoms with Gasteiger partial charge in [-0.25, -0.2) is 0 Å². The molecule has 0 radical (unpaired) electrons. The highest BCUT2D eigenvalue weighted by atomic mass is 19.3. The minimum absolute atomic E-state index is 0.0131. The van der Waals surface area contributed by atoms with Crippen LogP contribution in [-0.2, 0) is 9.59 Å². The first-order chi connectivity index (χ1) is 14.4. The second kappa shape index (κ2) is 9.73. The summed E-state index contributed by atoms with van der Waals surface area (Å²) in [5, 5.41) is 5.51. The predicted molar refractivity (Wildman–Crippen MR) is 102 cm³/mol. The van der Waals surface area contributed by atoms with Crippen LogP contribution in [-0.4, -0.2) is 62.0 Å². The first-order valence-corrected chi connectivity index (χ1v) is 9.86. The van der Waals surface area contributed by atoms with Crippen LogP contribution in [0.15, 0.2) is 18.2 Å². The Kier molecular flexibility index (Phi) is 7.07. The molecule has 1 heterocycles. The third-order valence-corrected chi connectivity index (χ3v) is 5.18. The second-order valence-corrected chi connectivity index (χ2v) is 7.36. The zero-order valence-electron chi connectivity index (χ0n) is 16.7. The normalized spacial score (nSPS) is 16.9. The van der Waals surface area contributed by atoms with Gasteiger partial charge in [-0.15, -0.1) is 0 Å². The molecule has 0 unspecified atom stereocenters. The monoisotopic (exact) mass is 425 g/mol. The zero-order chi connectivity index (χ0) is 21.7. The number of nitrogens with one attached hydrogen (secondary N) is 2. The highest BCUT2D eigenvalue weighted by molar-refractivity contribution is 5.97. The minimum atomic E-state index is -3.01. The fourth-order valence-electron chi connectivity index (χ4n) is 3.31. The van der Waals surface area contributed by atoms with Crippen LogP contribution in [0.25, 0.3) is 0 Å². The average Bonchev–Trinajstić information content (AvgIpc) is 3.55. The summed E-state index contributed by atoms with van der Waals surface area (Å²) < 4.78 is 34.1. The van der Waals surface area contributed by atoms with E-state index in [1.54, 1.807) is 4.90 Å². The van der Waals surface area contributed by atoms with Crippen LogP contribution in [0.5, 0.6) is 11.5 Å². The lowest BCUT2D eigenvalue weighted by Gasteiger charge is -2.31. The second-order valence-electron chi connectivity index (χ2n) is 7.36. The van der Waals surface area contributed by atoms with Crippen molar-refractivity contribution < 1.29 is 32.6 Å². The van der Waals surface area contributed by atoms with Crippen LogP contribution in [0.1, 0.15) is 36.0 Å². The number of nitrogens with zero attached hydrogens (tertiary/aromatic N) is 1. The Morgan fingerprint density at radius 3 is 2.43 bits per heavy atom. The van der Waals surface area contributed by atoms with Gasteiger partial charge in [0.1, 0.15) is 0 Å². The van der Waals surface area contributed by atoms with Gasteiger partial charge >= 0.3 is 6.61 Å². The molecule has 0 spiro atoms. The van der Waals surface area contributed by atoms with E-state index in [0.717, 1.165) is 12.8 Å². The molecule has 2 N–H and O–H groups in total. The number of rotatable bonds is 8. The molecule has 0 aromatic heterocycles. The number of halogens is 2. The topological polar surface area (TPSA) is 97.0 Å². The molecule has 2 fully saturated rings. The van der Waals surface area contributed by atoms with Gasteiger partial charge in [0.15, 0.2) is 11.5 Å². The third kappa shape index (κ3) is 5.80. The molecule has 164 valence electrons. The number of benzene rings is 1. The molecular weight excluding hydrogens is 400 g/mol. The summed E-state index contributed by atoms with van der Waals surface area (Å²) in [7, 11) is 1.27. The maximum absolute atomic E-state index is 12.4. The Morgan fingerprint density at radius 2 is 1.83 bits per heavy atom. The molecule has 2 aliphatic rings. The number of hydrogen-bond donors (Lipinski definition) is 2. The standard InChI is InChI=1S/C20H25F2N3O5/c1-29-16-10-13(2-5-15(16)30-20(21)22)18(27)23-11-17(26)25-8-6-12(7-9-25)19(28)24-14-3-4-14/h2,5,10,12,14,20H,3-4,6-9,11H2,1H3,(H,23,27)(H,24,28). The molecule has 0 bridgehead atoms. The number of alkyl halides is 2. The molecule has 30 heavy (non-hydrogen) atoms. The van der Waals surface area contributed by atoms with Crippen LogP contribution in [0.3, 0.4) is 0 Å². The number of amides is 3. The van der Waals surface area contributed by atoms with Gasteiger partial charge in [-0.3, -0.25) is 14.4 Å². The van der Waals surface area contributed by atoms with Crippen molar-refractivity contribution in [2.75, 3.05) is 26.7 Å². The van der Waals surface area contributed by atoms with Crippen molar-refractivity contribution in [3.05, 3.63) is 23.8 Å². The van der Waals surface area contributed by atoms with Crippen molar-refractivity contribution in [2.45, 2.75) is 38.3 Å². The van der Waals surface area contributed by atoms with E-state index in [-0.39, 0.29) is 41.3 Å². The molecule has 3 rings (SSSR count). The van der Waals surface area contributed by atoms with Gasteiger partial charge in [-0.2, -0.15) is 8.78 Å². The molecule has 1 aliphatic carbocycles. The van der Waals surface area contributed by atoms with E-state index in [1.165, 1.54) is 25.3 Å². The molecule has 3 amide bonds. The highest BCUT2D eigenvalue weighted by Gasteiger charge is 2.31. The summed E-state index contributed by atoms with van der Waals surface area (Å²) in [5.41, 5.74) is 0.150. The van der Waals surface area contributed by atoms with E-state index < -0.39 is 12.5 Å². The van der Waals surface area contributed by atoms with Gasteiger partial charge in [0.25, 0.3) is 5.91 Å². The van der Waals surface area contributed by atoms with E-state index in [0.29, 0.717) is 32.0 Å². The quantitative estimate of drug-likeness (QED) is 0.659. The zero-order valence-corrected chi connectivity index (χ0v) is 16.7. The molecule has 1 aromatic carbocycles. The van der Waals surface area contributed by atoms with Crippen LogP contribution in [0.4, 0.5) is 8.78 Å². The van der Waals surface area contributed by atoms with E-state index in [2.05, 4.69) is 15.4 Å². The van der Waals surface area contributed by atoms with Crippen molar-refractivity contribution >= 4 is 17.7 Å². The Bertz CT molecular complexity index is 793. The summed E-state index contributed by atoms with van der Waals surface area (Å²) >= 11 is 0. The van der Waals surface area contributed by atoms with Gasteiger partial charge in [0, 0.05) is 30.6 Å². The molecule has 8 nitrogen and oxygen atoms in total. The van der Waals surface area contributed by atoms with Crippen molar-refractivity contribution in [1.82, 2.24) is 15.5 Å². The summed E-state index contributed by atoms with van der Waals surface area (Å²) in [6.45, 7) is -2.29. The minimum Gasteiger partial charge on any atom is -0.493 e. The number of likely N-dealkylation sites (tertiary alicyclic amines) is 1. The first-order valence-electron chi connectivity index (χ1n) is 9.86. The van der Waals surface area contributed by atoms with Gasteiger partial charge < -0.3 is 25.0 Å². The SMILES string of the molecule is COc1cc(C(=O)NCC(=O)N2CCC(C(=O)NC3CC3)CC2)ccc1OC(F)F. The summed E-state index contributed by atoms with van der Waals surface area (Å²) in [4.78, 5) is 38.4. The largest absolute Gasteiger partial charge is 0.493 e. The molecular formula is C20H25F2N3O5. The third-order valence-electron chi connectivity index (χ3n) is 5.18. The van der Waals surface area contributed by atoms with E-state index >= 15 is 0 Å². The summed E-state index contributed by atoms with van der Waals surface area (Å²) in [6.07, 6.45) is 3.27. The number of methoxy groups -OCH3 is 1. The molecule has 0 atom stereocenters. The fraction of sp³-hybridized carbons (Fsp3) is 0.550. The average molecular weight is 425 g/mol. The van der Waals surface area contributed by atoms with Crippen LogP contribution < -0.4 is 20.1 Å². The molecule has 1 aliphatic heterocycles. The van der Waals surface area contributed by atoms with Crippen molar-refractivity contribution in [3.63, 3.8) is 0 Å². The van der Waals surface area contributed by atoms with Crippen LogP contribution in [0.2, 0.25) is 0 Å². The number of hydrogen-bond acceptors (Lipinski definition) is 5. The Hall–Kier alpha value is -2.91.